The molecule has 0 saturated heterocycles. The minimum Gasteiger partial charge on any atom is -0.351 e. The number of hydrogen-bond acceptors (Lipinski definition) is 3. The number of amides is 3. The van der Waals surface area contributed by atoms with Crippen LogP contribution in [0.3, 0.4) is 0 Å². The minimum absolute atomic E-state index is 0.104. The summed E-state index contributed by atoms with van der Waals surface area (Å²) in [7, 11) is 0. The first-order valence-corrected chi connectivity index (χ1v) is 6.97. The van der Waals surface area contributed by atoms with Crippen molar-refractivity contribution in [3.63, 3.8) is 0 Å². The van der Waals surface area contributed by atoms with Crippen molar-refractivity contribution in [1.82, 2.24) is 10.2 Å². The molecule has 0 unspecified atom stereocenters. The van der Waals surface area contributed by atoms with Gasteiger partial charge in [-0.3, -0.25) is 19.3 Å². The van der Waals surface area contributed by atoms with Gasteiger partial charge in [0.2, 0.25) is 5.91 Å². The molecule has 0 aliphatic carbocycles. The van der Waals surface area contributed by atoms with Gasteiger partial charge >= 0.3 is 0 Å². The summed E-state index contributed by atoms with van der Waals surface area (Å²) in [5.41, 5.74) is 1.45. The zero-order valence-electron chi connectivity index (χ0n) is 12.8. The van der Waals surface area contributed by atoms with E-state index in [4.69, 9.17) is 0 Å². The number of carbonyl (C=O) groups is 3. The molecule has 2 rings (SSSR count). The molecule has 0 radical (unpaired) electrons. The highest BCUT2D eigenvalue weighted by atomic mass is 16.2. The van der Waals surface area contributed by atoms with Gasteiger partial charge in [0.25, 0.3) is 11.8 Å². The lowest BCUT2D eigenvalue weighted by Gasteiger charge is -2.21. The molecule has 0 saturated carbocycles. The van der Waals surface area contributed by atoms with Gasteiger partial charge in [0.15, 0.2) is 0 Å². The normalized spacial score (nSPS) is 14.4. The first kappa shape index (κ1) is 15.2. The summed E-state index contributed by atoms with van der Waals surface area (Å²) in [6.07, 6.45) is 0.113. The van der Waals surface area contributed by atoms with Crippen molar-refractivity contribution in [2.45, 2.75) is 39.7 Å². The van der Waals surface area contributed by atoms with E-state index in [0.29, 0.717) is 11.1 Å². The summed E-state index contributed by atoms with van der Waals surface area (Å²) < 4.78 is 0. The molecule has 5 heteroatoms. The van der Waals surface area contributed by atoms with Crippen LogP contribution in [0, 0.1) is 6.92 Å². The quantitative estimate of drug-likeness (QED) is 0.864. The molecule has 0 bridgehead atoms. The van der Waals surface area contributed by atoms with E-state index in [2.05, 4.69) is 5.32 Å². The molecule has 0 atom stereocenters. The lowest BCUT2D eigenvalue weighted by atomic mass is 10.1. The van der Waals surface area contributed by atoms with Crippen LogP contribution in [0.15, 0.2) is 18.2 Å². The van der Waals surface area contributed by atoms with E-state index in [1.54, 1.807) is 18.2 Å². The monoisotopic (exact) mass is 288 g/mol. The Hall–Kier alpha value is -2.17. The molecule has 0 aromatic heterocycles. The molecular formula is C16H20N2O3. The Morgan fingerprint density at radius 1 is 1.14 bits per heavy atom. The van der Waals surface area contributed by atoms with Crippen molar-refractivity contribution in [1.29, 1.82) is 0 Å². The van der Waals surface area contributed by atoms with Crippen molar-refractivity contribution in [3.8, 4) is 0 Å². The van der Waals surface area contributed by atoms with Gasteiger partial charge in [-0.15, -0.1) is 0 Å². The predicted molar refractivity (Wildman–Crippen MR) is 79.1 cm³/mol. The van der Waals surface area contributed by atoms with Crippen LogP contribution in [0.2, 0.25) is 0 Å². The molecule has 21 heavy (non-hydrogen) atoms. The second-order valence-corrected chi connectivity index (χ2v) is 6.36. The Morgan fingerprint density at radius 2 is 1.76 bits per heavy atom. The van der Waals surface area contributed by atoms with E-state index in [1.165, 1.54) is 0 Å². The van der Waals surface area contributed by atoms with E-state index in [0.717, 1.165) is 10.5 Å². The fourth-order valence-corrected chi connectivity index (χ4v) is 2.30. The number of rotatable bonds is 3. The molecule has 3 amide bonds. The van der Waals surface area contributed by atoms with Gasteiger partial charge in [-0.05, 0) is 39.8 Å². The Bertz CT molecular complexity index is 614. The second-order valence-electron chi connectivity index (χ2n) is 6.36. The smallest absolute Gasteiger partial charge is 0.261 e. The van der Waals surface area contributed by atoms with Crippen molar-refractivity contribution >= 4 is 17.7 Å². The van der Waals surface area contributed by atoms with Crippen LogP contribution in [0.4, 0.5) is 0 Å². The van der Waals surface area contributed by atoms with Crippen LogP contribution in [0.5, 0.6) is 0 Å². The molecule has 1 N–H and O–H groups in total. The molecule has 1 heterocycles. The molecule has 112 valence electrons. The van der Waals surface area contributed by atoms with E-state index < -0.39 is 0 Å². The number of imide groups is 1. The number of hydrogen-bond donors (Lipinski definition) is 1. The molecule has 1 aliphatic heterocycles. The van der Waals surface area contributed by atoms with Crippen LogP contribution >= 0.6 is 0 Å². The Morgan fingerprint density at radius 3 is 2.38 bits per heavy atom. The Kier molecular flexibility index (Phi) is 3.85. The van der Waals surface area contributed by atoms with E-state index in [-0.39, 0.29) is 36.2 Å². The van der Waals surface area contributed by atoms with Gasteiger partial charge in [0.05, 0.1) is 11.1 Å². The van der Waals surface area contributed by atoms with Gasteiger partial charge in [-0.1, -0.05) is 11.6 Å². The average Bonchev–Trinajstić information content (AvgIpc) is 2.57. The zero-order valence-corrected chi connectivity index (χ0v) is 12.8. The van der Waals surface area contributed by atoms with Crippen LogP contribution in [-0.2, 0) is 4.79 Å². The van der Waals surface area contributed by atoms with E-state index >= 15 is 0 Å². The third kappa shape index (κ3) is 3.29. The summed E-state index contributed by atoms with van der Waals surface area (Å²) in [6.45, 7) is 7.63. The summed E-state index contributed by atoms with van der Waals surface area (Å²) in [4.78, 5) is 37.4. The third-order valence-electron chi connectivity index (χ3n) is 3.20. The van der Waals surface area contributed by atoms with Crippen LogP contribution in [0.1, 0.15) is 53.5 Å². The Balaban J connectivity index is 2.05. The molecule has 0 spiro atoms. The number of benzene rings is 1. The fraction of sp³-hybridized carbons (Fsp3) is 0.438. The summed E-state index contributed by atoms with van der Waals surface area (Å²) in [5, 5.41) is 2.81. The maximum absolute atomic E-state index is 12.2. The first-order chi connectivity index (χ1) is 9.69. The van der Waals surface area contributed by atoms with Crippen LogP contribution in [-0.4, -0.2) is 34.7 Å². The highest BCUT2D eigenvalue weighted by Crippen LogP contribution is 2.23. The van der Waals surface area contributed by atoms with Crippen LogP contribution < -0.4 is 5.32 Å². The fourth-order valence-electron chi connectivity index (χ4n) is 2.30. The molecule has 1 aliphatic rings. The molecule has 0 fully saturated rings. The SMILES string of the molecule is Cc1ccc2c(c1)C(=O)N(CCC(=O)NC(C)(C)C)C2=O. The van der Waals surface area contributed by atoms with Gasteiger partial charge < -0.3 is 5.32 Å². The molecule has 5 nitrogen and oxygen atoms in total. The number of nitrogens with zero attached hydrogens (tertiary/aromatic N) is 1. The Labute approximate surface area is 124 Å². The molecular weight excluding hydrogens is 268 g/mol. The van der Waals surface area contributed by atoms with Crippen molar-refractivity contribution in [2.75, 3.05) is 6.54 Å². The largest absolute Gasteiger partial charge is 0.351 e. The maximum Gasteiger partial charge on any atom is 0.261 e. The number of fused-ring (bicyclic) bond motifs is 1. The lowest BCUT2D eigenvalue weighted by molar-refractivity contribution is -0.122. The highest BCUT2D eigenvalue weighted by Gasteiger charge is 2.35. The van der Waals surface area contributed by atoms with Crippen LogP contribution in [0.25, 0.3) is 0 Å². The number of carbonyl (C=O) groups excluding carboxylic acids is 3. The average molecular weight is 288 g/mol. The van der Waals surface area contributed by atoms with Gasteiger partial charge in [0, 0.05) is 18.5 Å². The molecule has 1 aromatic rings. The van der Waals surface area contributed by atoms with Gasteiger partial charge in [-0.25, -0.2) is 0 Å². The number of aryl methyl sites for hydroxylation is 1. The molecule has 1 aromatic carbocycles. The van der Waals surface area contributed by atoms with E-state index in [1.807, 2.05) is 27.7 Å². The predicted octanol–water partition coefficient (Wildman–Crippen LogP) is 1.90. The first-order valence-electron chi connectivity index (χ1n) is 6.97. The summed E-state index contributed by atoms with van der Waals surface area (Å²) in [6, 6.07) is 5.19. The van der Waals surface area contributed by atoms with Gasteiger partial charge in [-0.2, -0.15) is 0 Å². The van der Waals surface area contributed by atoms with E-state index in [9.17, 15) is 14.4 Å². The summed E-state index contributed by atoms with van der Waals surface area (Å²) >= 11 is 0. The van der Waals surface area contributed by atoms with Crippen molar-refractivity contribution < 1.29 is 14.4 Å². The third-order valence-corrected chi connectivity index (χ3v) is 3.20. The standard InChI is InChI=1S/C16H20N2O3/c1-10-5-6-11-12(9-10)15(21)18(14(11)20)8-7-13(19)17-16(2,3)4/h5-6,9H,7-8H2,1-4H3,(H,17,19). The van der Waals surface area contributed by atoms with Crippen molar-refractivity contribution in [2.24, 2.45) is 0 Å². The topological polar surface area (TPSA) is 66.5 Å². The minimum atomic E-state index is -0.323. The lowest BCUT2D eigenvalue weighted by Crippen LogP contribution is -2.42. The van der Waals surface area contributed by atoms with Gasteiger partial charge in [0.1, 0.15) is 0 Å². The highest BCUT2D eigenvalue weighted by molar-refractivity contribution is 6.21. The zero-order chi connectivity index (χ0) is 15.8. The summed E-state index contributed by atoms with van der Waals surface area (Å²) in [5.74, 6) is -0.809. The second kappa shape index (κ2) is 5.31. The number of nitrogens with one attached hydrogen (secondary N) is 1. The maximum atomic E-state index is 12.2. The van der Waals surface area contributed by atoms with Crippen molar-refractivity contribution in [3.05, 3.63) is 34.9 Å².